The van der Waals surface area contributed by atoms with Crippen LogP contribution in [0, 0.1) is 0 Å². The Bertz CT molecular complexity index is 497. The topological polar surface area (TPSA) is 63.4 Å². The number of nitrogen functional groups attached to an aromatic ring is 1. The molecule has 0 heterocycles. The van der Waals surface area contributed by atoms with Crippen molar-refractivity contribution in [3.05, 3.63) is 23.2 Å². The van der Waals surface area contributed by atoms with Gasteiger partial charge in [0.15, 0.2) is 0 Å². The minimum absolute atomic E-state index is 0.0890. The van der Waals surface area contributed by atoms with E-state index < -0.39 is 10.0 Å². The lowest BCUT2D eigenvalue weighted by atomic mass is 10.3. The van der Waals surface area contributed by atoms with Gasteiger partial charge >= 0.3 is 0 Å². The van der Waals surface area contributed by atoms with Gasteiger partial charge < -0.3 is 5.73 Å². The van der Waals surface area contributed by atoms with Crippen LogP contribution in [-0.4, -0.2) is 25.8 Å². The van der Waals surface area contributed by atoms with Gasteiger partial charge in [-0.25, -0.2) is 8.42 Å². The molecule has 0 saturated heterocycles. The van der Waals surface area contributed by atoms with Gasteiger partial charge in [0.2, 0.25) is 10.0 Å². The average Bonchev–Trinajstić information content (AvgIpc) is 2.32. The van der Waals surface area contributed by atoms with Gasteiger partial charge in [0.25, 0.3) is 0 Å². The minimum Gasteiger partial charge on any atom is -0.399 e. The lowest BCUT2D eigenvalue weighted by Gasteiger charge is -2.21. The maximum Gasteiger partial charge on any atom is 0.244 e. The van der Waals surface area contributed by atoms with Gasteiger partial charge in [0, 0.05) is 18.8 Å². The zero-order valence-electron chi connectivity index (χ0n) is 10.7. The fraction of sp³-hybridized carbons (Fsp3) is 0.500. The first-order valence-corrected chi connectivity index (χ1v) is 7.80. The molecule has 2 N–H and O–H groups in total. The third-order valence-corrected chi connectivity index (χ3v) is 4.90. The highest BCUT2D eigenvalue weighted by molar-refractivity contribution is 7.89. The molecule has 1 aromatic carbocycles. The fourth-order valence-corrected chi connectivity index (χ4v) is 3.84. The summed E-state index contributed by atoms with van der Waals surface area (Å²) in [6, 6.07) is 4.52. The van der Waals surface area contributed by atoms with Crippen molar-refractivity contribution in [1.29, 1.82) is 0 Å². The largest absolute Gasteiger partial charge is 0.399 e. The normalized spacial score (nSPS) is 12.0. The Kier molecular flexibility index (Phi) is 5.44. The Morgan fingerprint density at radius 3 is 2.28 bits per heavy atom. The number of anilines is 1. The SMILES string of the molecule is CCCN(CCC)S(=O)(=O)c1cc(N)ccc1Cl. The Balaban J connectivity index is 3.21. The third kappa shape index (κ3) is 3.37. The number of nitrogens with zero attached hydrogens (tertiary/aromatic N) is 1. The van der Waals surface area contributed by atoms with E-state index in [0.29, 0.717) is 18.8 Å². The molecule has 0 spiro atoms. The van der Waals surface area contributed by atoms with Crippen LogP contribution in [0.4, 0.5) is 5.69 Å². The van der Waals surface area contributed by atoms with Crippen LogP contribution in [0.1, 0.15) is 26.7 Å². The summed E-state index contributed by atoms with van der Waals surface area (Å²) in [5.41, 5.74) is 6.03. The van der Waals surface area contributed by atoms with Gasteiger partial charge in [-0.15, -0.1) is 0 Å². The Labute approximate surface area is 114 Å². The second kappa shape index (κ2) is 6.41. The molecule has 0 aliphatic rings. The van der Waals surface area contributed by atoms with E-state index in [1.165, 1.54) is 16.4 Å². The van der Waals surface area contributed by atoms with Crippen molar-refractivity contribution >= 4 is 27.3 Å². The number of hydrogen-bond acceptors (Lipinski definition) is 3. The Morgan fingerprint density at radius 1 is 1.22 bits per heavy atom. The summed E-state index contributed by atoms with van der Waals surface area (Å²) in [6.07, 6.45) is 1.53. The predicted octanol–water partition coefficient (Wildman–Crippen LogP) is 2.73. The molecular weight excluding hydrogens is 272 g/mol. The number of nitrogens with two attached hydrogens (primary N) is 1. The fourth-order valence-electron chi connectivity index (χ4n) is 1.71. The van der Waals surface area contributed by atoms with Gasteiger partial charge in [-0.2, -0.15) is 4.31 Å². The van der Waals surface area contributed by atoms with Crippen molar-refractivity contribution in [3.63, 3.8) is 0 Å². The van der Waals surface area contributed by atoms with Crippen LogP contribution >= 0.6 is 11.6 Å². The highest BCUT2D eigenvalue weighted by atomic mass is 35.5. The molecule has 4 nitrogen and oxygen atoms in total. The van der Waals surface area contributed by atoms with E-state index in [0.717, 1.165) is 12.8 Å². The number of halogens is 1. The van der Waals surface area contributed by atoms with Gasteiger partial charge in [-0.05, 0) is 31.0 Å². The Morgan fingerprint density at radius 2 is 1.78 bits per heavy atom. The van der Waals surface area contributed by atoms with E-state index in [1.807, 2.05) is 13.8 Å². The van der Waals surface area contributed by atoms with Crippen molar-refractivity contribution < 1.29 is 8.42 Å². The summed E-state index contributed by atoms with van der Waals surface area (Å²) in [4.78, 5) is 0.0890. The monoisotopic (exact) mass is 290 g/mol. The molecule has 0 unspecified atom stereocenters. The van der Waals surface area contributed by atoms with Gasteiger partial charge in [0.1, 0.15) is 4.90 Å². The van der Waals surface area contributed by atoms with Crippen LogP contribution < -0.4 is 5.73 Å². The van der Waals surface area contributed by atoms with Gasteiger partial charge in [-0.1, -0.05) is 25.4 Å². The molecule has 6 heteroatoms. The first-order valence-electron chi connectivity index (χ1n) is 5.98. The molecule has 1 rings (SSSR count). The standard InChI is InChI=1S/C12H19ClN2O2S/c1-3-7-15(8-4-2)18(16,17)12-9-10(14)5-6-11(12)13/h5-6,9H,3-4,7-8,14H2,1-2H3. The zero-order chi connectivity index (χ0) is 13.8. The van der Waals surface area contributed by atoms with Crippen molar-refractivity contribution in [1.82, 2.24) is 4.31 Å². The molecular formula is C12H19ClN2O2S. The van der Waals surface area contributed by atoms with Crippen LogP contribution in [0.2, 0.25) is 5.02 Å². The van der Waals surface area contributed by atoms with Crippen LogP contribution in [0.15, 0.2) is 23.1 Å². The van der Waals surface area contributed by atoms with Crippen molar-refractivity contribution in [2.24, 2.45) is 0 Å². The van der Waals surface area contributed by atoms with E-state index in [2.05, 4.69) is 0 Å². The van der Waals surface area contributed by atoms with Crippen LogP contribution in [0.3, 0.4) is 0 Å². The summed E-state index contributed by atoms with van der Waals surface area (Å²) < 4.78 is 26.4. The molecule has 0 aliphatic heterocycles. The van der Waals surface area contributed by atoms with Crippen LogP contribution in [-0.2, 0) is 10.0 Å². The lowest BCUT2D eigenvalue weighted by Crippen LogP contribution is -2.32. The second-order valence-corrected chi connectivity index (χ2v) is 6.41. The maximum atomic E-state index is 12.5. The third-order valence-electron chi connectivity index (χ3n) is 2.52. The summed E-state index contributed by atoms with van der Waals surface area (Å²) in [5, 5.41) is 0.210. The summed E-state index contributed by atoms with van der Waals surface area (Å²) in [6.45, 7) is 4.86. The summed E-state index contributed by atoms with van der Waals surface area (Å²) >= 11 is 5.96. The van der Waals surface area contributed by atoms with E-state index in [1.54, 1.807) is 6.07 Å². The van der Waals surface area contributed by atoms with Crippen molar-refractivity contribution in [3.8, 4) is 0 Å². The second-order valence-electron chi connectivity index (χ2n) is 4.09. The highest BCUT2D eigenvalue weighted by Crippen LogP contribution is 2.26. The lowest BCUT2D eigenvalue weighted by molar-refractivity contribution is 0.410. The molecule has 0 aliphatic carbocycles. The molecule has 0 bridgehead atoms. The molecule has 0 radical (unpaired) electrons. The predicted molar refractivity (Wildman–Crippen MR) is 75.2 cm³/mol. The van der Waals surface area contributed by atoms with Crippen LogP contribution in [0.25, 0.3) is 0 Å². The Hall–Kier alpha value is -0.780. The average molecular weight is 291 g/mol. The first-order chi connectivity index (χ1) is 8.43. The zero-order valence-corrected chi connectivity index (χ0v) is 12.3. The van der Waals surface area contributed by atoms with Crippen molar-refractivity contribution in [2.75, 3.05) is 18.8 Å². The van der Waals surface area contributed by atoms with Gasteiger partial charge in [-0.3, -0.25) is 0 Å². The molecule has 1 aromatic rings. The quantitative estimate of drug-likeness (QED) is 0.819. The van der Waals surface area contributed by atoms with Crippen LogP contribution in [0.5, 0.6) is 0 Å². The molecule has 18 heavy (non-hydrogen) atoms. The van der Waals surface area contributed by atoms with E-state index in [9.17, 15) is 8.42 Å². The first kappa shape index (κ1) is 15.3. The summed E-state index contributed by atoms with van der Waals surface area (Å²) in [5.74, 6) is 0. The van der Waals surface area contributed by atoms with E-state index in [-0.39, 0.29) is 9.92 Å². The maximum absolute atomic E-state index is 12.5. The molecule has 0 aromatic heterocycles. The molecule has 102 valence electrons. The number of sulfonamides is 1. The van der Waals surface area contributed by atoms with Crippen molar-refractivity contribution in [2.45, 2.75) is 31.6 Å². The highest BCUT2D eigenvalue weighted by Gasteiger charge is 2.25. The minimum atomic E-state index is -3.56. The number of benzene rings is 1. The molecule has 0 saturated carbocycles. The molecule has 0 atom stereocenters. The smallest absolute Gasteiger partial charge is 0.244 e. The number of hydrogen-bond donors (Lipinski definition) is 1. The van der Waals surface area contributed by atoms with E-state index >= 15 is 0 Å². The molecule has 0 amide bonds. The molecule has 0 fully saturated rings. The number of rotatable bonds is 6. The van der Waals surface area contributed by atoms with E-state index in [4.69, 9.17) is 17.3 Å². The van der Waals surface area contributed by atoms with Gasteiger partial charge in [0.05, 0.1) is 5.02 Å². The summed E-state index contributed by atoms with van der Waals surface area (Å²) in [7, 11) is -3.56.